The maximum atomic E-state index is 13.2. The van der Waals surface area contributed by atoms with Crippen molar-refractivity contribution >= 4 is 17.8 Å². The Labute approximate surface area is 151 Å². The molecule has 0 spiro atoms. The van der Waals surface area contributed by atoms with Gasteiger partial charge in [-0.05, 0) is 30.7 Å². The van der Waals surface area contributed by atoms with Gasteiger partial charge in [-0.3, -0.25) is 19.3 Å². The molecule has 3 aliphatic carbocycles. The Morgan fingerprint density at radius 1 is 1.15 bits per heavy atom. The predicted molar refractivity (Wildman–Crippen MR) is 92.2 cm³/mol. The Balaban J connectivity index is 1.76. The van der Waals surface area contributed by atoms with E-state index in [-0.39, 0.29) is 41.9 Å². The van der Waals surface area contributed by atoms with E-state index >= 15 is 0 Å². The number of amides is 2. The van der Waals surface area contributed by atoms with E-state index in [1.165, 1.54) is 12.0 Å². The van der Waals surface area contributed by atoms with E-state index in [1.807, 2.05) is 0 Å². The smallest absolute Gasteiger partial charge is 0.305 e. The van der Waals surface area contributed by atoms with Crippen LogP contribution in [0, 0.1) is 23.7 Å². The molecule has 1 aliphatic heterocycles. The lowest BCUT2D eigenvalue weighted by Gasteiger charge is -2.38. The van der Waals surface area contributed by atoms with Crippen molar-refractivity contribution in [3.8, 4) is 5.75 Å². The molecule has 136 valence electrons. The number of nitrogens with zero attached hydrogens (tertiary/aromatic N) is 1. The summed E-state index contributed by atoms with van der Waals surface area (Å²) in [5.74, 6) is -1.60. The van der Waals surface area contributed by atoms with Crippen molar-refractivity contribution in [2.24, 2.45) is 23.7 Å². The zero-order chi connectivity index (χ0) is 18.4. The van der Waals surface area contributed by atoms with E-state index in [9.17, 15) is 19.5 Å². The summed E-state index contributed by atoms with van der Waals surface area (Å²) in [7, 11) is 1.49. The van der Waals surface area contributed by atoms with Crippen molar-refractivity contribution in [1.82, 2.24) is 4.90 Å². The number of carboxylic acids is 1. The number of benzene rings is 1. The third kappa shape index (κ3) is 2.43. The number of hydrogen-bond acceptors (Lipinski definition) is 4. The van der Waals surface area contributed by atoms with Crippen LogP contribution in [0.1, 0.15) is 30.9 Å². The normalized spacial score (nSPS) is 30.4. The molecule has 1 saturated heterocycles. The number of allylic oxidation sites excluding steroid dienone is 2. The summed E-state index contributed by atoms with van der Waals surface area (Å²) in [5.41, 5.74) is 0.554. The summed E-state index contributed by atoms with van der Waals surface area (Å²) in [6.45, 7) is 0. The Morgan fingerprint density at radius 3 is 2.23 bits per heavy atom. The SMILES string of the molecule is COc1ccccc1C(CC(=O)O)N1C(=O)C2C3C=CC(CC3)C2C1=O. The molecule has 2 amide bonds. The van der Waals surface area contributed by atoms with Crippen molar-refractivity contribution in [2.75, 3.05) is 7.11 Å². The predicted octanol–water partition coefficient (Wildman–Crippen LogP) is 2.41. The van der Waals surface area contributed by atoms with Gasteiger partial charge in [-0.15, -0.1) is 0 Å². The molecular weight excluding hydrogens is 334 g/mol. The molecule has 1 aromatic carbocycles. The first-order valence-electron chi connectivity index (χ1n) is 8.93. The first kappa shape index (κ1) is 16.8. The second-order valence-electron chi connectivity index (χ2n) is 7.24. The molecular formula is C20H21NO5. The molecule has 0 radical (unpaired) electrons. The van der Waals surface area contributed by atoms with Crippen LogP contribution in [0.5, 0.6) is 5.75 Å². The van der Waals surface area contributed by atoms with Crippen molar-refractivity contribution in [3.63, 3.8) is 0 Å². The second kappa shape index (κ2) is 6.27. The zero-order valence-corrected chi connectivity index (χ0v) is 14.5. The van der Waals surface area contributed by atoms with Gasteiger partial charge in [0.2, 0.25) is 11.8 Å². The highest BCUT2D eigenvalue weighted by molar-refractivity contribution is 6.06. The van der Waals surface area contributed by atoms with Gasteiger partial charge in [-0.1, -0.05) is 30.4 Å². The lowest BCUT2D eigenvalue weighted by molar-refractivity contribution is -0.146. The number of carboxylic acid groups (broad SMARTS) is 1. The average Bonchev–Trinajstić information content (AvgIpc) is 2.94. The summed E-state index contributed by atoms with van der Waals surface area (Å²) in [5, 5.41) is 9.41. The van der Waals surface area contributed by atoms with Crippen LogP contribution in [0.2, 0.25) is 0 Å². The molecule has 5 atom stereocenters. The van der Waals surface area contributed by atoms with Gasteiger partial charge in [0.05, 0.1) is 31.4 Å². The van der Waals surface area contributed by atoms with Crippen LogP contribution in [0.4, 0.5) is 0 Å². The number of rotatable bonds is 5. The van der Waals surface area contributed by atoms with E-state index in [0.29, 0.717) is 11.3 Å². The molecule has 5 unspecified atom stereocenters. The number of carbonyl (C=O) groups is 3. The topological polar surface area (TPSA) is 83.9 Å². The summed E-state index contributed by atoms with van der Waals surface area (Å²) in [6, 6.07) is 6.12. The standard InChI is InChI=1S/C20H21NO5/c1-26-15-5-3-2-4-13(15)14(10-16(22)23)21-19(24)17-11-6-7-12(9-8-11)18(17)20(21)25/h2-7,11-12,14,17-18H,8-10H2,1H3,(H,22,23). The van der Waals surface area contributed by atoms with Crippen molar-refractivity contribution in [3.05, 3.63) is 42.0 Å². The van der Waals surface area contributed by atoms with E-state index in [4.69, 9.17) is 4.74 Å². The van der Waals surface area contributed by atoms with Crippen LogP contribution in [0.25, 0.3) is 0 Å². The van der Waals surface area contributed by atoms with Crippen LogP contribution in [0.15, 0.2) is 36.4 Å². The molecule has 1 N–H and O–H groups in total. The number of likely N-dealkylation sites (tertiary alicyclic amines) is 1. The van der Waals surface area contributed by atoms with Gasteiger partial charge in [-0.2, -0.15) is 0 Å². The largest absolute Gasteiger partial charge is 0.496 e. The van der Waals surface area contributed by atoms with Crippen LogP contribution in [0.3, 0.4) is 0 Å². The first-order valence-corrected chi connectivity index (χ1v) is 8.93. The molecule has 26 heavy (non-hydrogen) atoms. The molecule has 1 heterocycles. The van der Waals surface area contributed by atoms with E-state index < -0.39 is 12.0 Å². The fourth-order valence-electron chi connectivity index (χ4n) is 4.85. The Hall–Kier alpha value is -2.63. The Morgan fingerprint density at radius 2 is 1.73 bits per heavy atom. The number of carbonyl (C=O) groups excluding carboxylic acids is 2. The second-order valence-corrected chi connectivity index (χ2v) is 7.24. The Kier molecular flexibility index (Phi) is 4.05. The fraction of sp³-hybridized carbons (Fsp3) is 0.450. The monoisotopic (exact) mass is 355 g/mol. The van der Waals surface area contributed by atoms with E-state index in [2.05, 4.69) is 12.2 Å². The number of ether oxygens (including phenoxy) is 1. The zero-order valence-electron chi connectivity index (χ0n) is 14.5. The van der Waals surface area contributed by atoms with Gasteiger partial charge >= 0.3 is 5.97 Å². The molecule has 6 heteroatoms. The highest BCUT2D eigenvalue weighted by Crippen LogP contribution is 2.51. The number of methoxy groups -OCH3 is 1. The van der Waals surface area contributed by atoms with Gasteiger partial charge in [0.25, 0.3) is 0 Å². The lowest BCUT2D eigenvalue weighted by Crippen LogP contribution is -2.38. The summed E-state index contributed by atoms with van der Waals surface area (Å²) < 4.78 is 5.36. The number of imide groups is 1. The molecule has 4 aliphatic rings. The number of para-hydroxylation sites is 1. The summed E-state index contributed by atoms with van der Waals surface area (Å²) in [4.78, 5) is 39.1. The maximum absolute atomic E-state index is 13.2. The van der Waals surface area contributed by atoms with Gasteiger partial charge < -0.3 is 9.84 Å². The van der Waals surface area contributed by atoms with Crippen LogP contribution in [-0.2, 0) is 14.4 Å². The fourth-order valence-corrected chi connectivity index (χ4v) is 4.85. The quantitative estimate of drug-likeness (QED) is 0.648. The lowest BCUT2D eigenvalue weighted by atomic mass is 9.63. The highest BCUT2D eigenvalue weighted by Gasteiger charge is 2.58. The minimum atomic E-state index is -1.06. The van der Waals surface area contributed by atoms with Gasteiger partial charge in [0, 0.05) is 5.56 Å². The minimum Gasteiger partial charge on any atom is -0.496 e. The van der Waals surface area contributed by atoms with Gasteiger partial charge in [-0.25, -0.2) is 0 Å². The van der Waals surface area contributed by atoms with Crippen LogP contribution >= 0.6 is 0 Å². The molecule has 5 rings (SSSR count). The molecule has 0 aromatic heterocycles. The molecule has 1 aromatic rings. The third-order valence-electron chi connectivity index (χ3n) is 5.97. The number of aliphatic carboxylic acids is 1. The molecule has 6 nitrogen and oxygen atoms in total. The Bertz CT molecular complexity index is 769. The highest BCUT2D eigenvalue weighted by atomic mass is 16.5. The first-order chi connectivity index (χ1) is 12.5. The molecule has 1 saturated carbocycles. The maximum Gasteiger partial charge on any atom is 0.305 e. The van der Waals surface area contributed by atoms with Gasteiger partial charge in [0.1, 0.15) is 5.75 Å². The molecule has 2 bridgehead atoms. The van der Waals surface area contributed by atoms with Gasteiger partial charge in [0.15, 0.2) is 0 Å². The number of hydrogen-bond donors (Lipinski definition) is 1. The van der Waals surface area contributed by atoms with E-state index in [0.717, 1.165) is 12.8 Å². The van der Waals surface area contributed by atoms with Crippen LogP contribution < -0.4 is 4.74 Å². The minimum absolute atomic E-state index is 0.0783. The third-order valence-corrected chi connectivity index (χ3v) is 5.97. The average molecular weight is 355 g/mol. The van der Waals surface area contributed by atoms with Crippen molar-refractivity contribution in [1.29, 1.82) is 0 Å². The van der Waals surface area contributed by atoms with Crippen LogP contribution in [-0.4, -0.2) is 34.9 Å². The summed E-state index contributed by atoms with van der Waals surface area (Å²) >= 11 is 0. The van der Waals surface area contributed by atoms with E-state index in [1.54, 1.807) is 24.3 Å². The number of fused-ring (bicyclic) bond motifs is 1. The van der Waals surface area contributed by atoms with Crippen molar-refractivity contribution < 1.29 is 24.2 Å². The van der Waals surface area contributed by atoms with Crippen molar-refractivity contribution in [2.45, 2.75) is 25.3 Å². The molecule has 2 fully saturated rings. The summed E-state index contributed by atoms with van der Waals surface area (Å²) in [6.07, 6.45) is 5.60.